The SMILES string of the molecule is COC(=O)c1cccc(C(=O)OC)c1.O=C(O)c1cccc2cccc(C(=O)O)c12. The summed E-state index contributed by atoms with van der Waals surface area (Å²) in [5.41, 5.74) is 0.678. The summed E-state index contributed by atoms with van der Waals surface area (Å²) in [7, 11) is 2.57. The van der Waals surface area contributed by atoms with Gasteiger partial charge in [-0.25, -0.2) is 19.2 Å². The van der Waals surface area contributed by atoms with Crippen molar-refractivity contribution in [2.45, 2.75) is 0 Å². The summed E-state index contributed by atoms with van der Waals surface area (Å²) in [5.74, 6) is -3.20. The summed E-state index contributed by atoms with van der Waals surface area (Å²) in [6.07, 6.45) is 0. The molecule has 0 amide bonds. The Kier molecular flexibility index (Phi) is 7.24. The molecule has 0 aromatic heterocycles. The molecule has 3 aromatic rings. The number of carbonyl (C=O) groups excluding carboxylic acids is 2. The van der Waals surface area contributed by atoms with E-state index < -0.39 is 23.9 Å². The molecule has 8 heteroatoms. The molecule has 0 spiro atoms. The van der Waals surface area contributed by atoms with Crippen molar-refractivity contribution in [3.8, 4) is 0 Å². The number of carboxylic acids is 2. The van der Waals surface area contributed by atoms with Gasteiger partial charge in [0.1, 0.15) is 0 Å². The number of carbonyl (C=O) groups is 4. The van der Waals surface area contributed by atoms with Crippen molar-refractivity contribution in [1.82, 2.24) is 0 Å². The van der Waals surface area contributed by atoms with Gasteiger partial charge in [0.05, 0.1) is 36.5 Å². The van der Waals surface area contributed by atoms with Crippen LogP contribution in [-0.2, 0) is 9.47 Å². The Morgan fingerprint density at radius 3 is 1.43 bits per heavy atom. The third kappa shape index (κ3) is 4.99. The highest BCUT2D eigenvalue weighted by molar-refractivity contribution is 6.12. The minimum Gasteiger partial charge on any atom is -0.478 e. The van der Waals surface area contributed by atoms with Gasteiger partial charge in [0.25, 0.3) is 0 Å². The average molecular weight is 410 g/mol. The second-order valence-corrected chi connectivity index (χ2v) is 5.88. The number of methoxy groups -OCH3 is 2. The highest BCUT2D eigenvalue weighted by atomic mass is 16.5. The van der Waals surface area contributed by atoms with Crippen molar-refractivity contribution in [2.75, 3.05) is 14.2 Å². The smallest absolute Gasteiger partial charge is 0.337 e. The number of benzene rings is 3. The maximum absolute atomic E-state index is 11.1. The Balaban J connectivity index is 0.000000216. The van der Waals surface area contributed by atoms with Crippen LogP contribution in [0, 0.1) is 0 Å². The van der Waals surface area contributed by atoms with E-state index in [1.165, 1.54) is 32.4 Å². The van der Waals surface area contributed by atoms with Crippen LogP contribution in [0.1, 0.15) is 41.4 Å². The van der Waals surface area contributed by atoms with Crippen LogP contribution < -0.4 is 0 Å². The zero-order valence-electron chi connectivity index (χ0n) is 16.1. The summed E-state index contributed by atoms with van der Waals surface area (Å²) in [4.78, 5) is 44.2. The molecule has 2 N–H and O–H groups in total. The average Bonchev–Trinajstić information content (AvgIpc) is 2.77. The maximum atomic E-state index is 11.1. The molecule has 0 unspecified atom stereocenters. The summed E-state index contributed by atoms with van der Waals surface area (Å²) in [6, 6.07) is 15.5. The molecule has 0 saturated heterocycles. The molecule has 8 nitrogen and oxygen atoms in total. The minimum absolute atomic E-state index is 0.00972. The molecule has 0 aliphatic rings. The Labute approximate surface area is 171 Å². The molecular weight excluding hydrogens is 392 g/mol. The molecule has 0 heterocycles. The van der Waals surface area contributed by atoms with Gasteiger partial charge in [-0.15, -0.1) is 0 Å². The lowest BCUT2D eigenvalue weighted by atomic mass is 9.99. The molecule has 154 valence electrons. The lowest BCUT2D eigenvalue weighted by Crippen LogP contribution is -2.05. The van der Waals surface area contributed by atoms with E-state index in [1.807, 2.05) is 0 Å². The van der Waals surface area contributed by atoms with E-state index in [0.29, 0.717) is 16.5 Å². The molecule has 0 bridgehead atoms. The predicted molar refractivity (Wildman–Crippen MR) is 107 cm³/mol. The second kappa shape index (κ2) is 9.83. The van der Waals surface area contributed by atoms with Gasteiger partial charge in [-0.05, 0) is 35.7 Å². The first kappa shape index (κ1) is 22.1. The fraction of sp³-hybridized carbons (Fsp3) is 0.0909. The van der Waals surface area contributed by atoms with E-state index in [1.54, 1.807) is 42.5 Å². The highest BCUT2D eigenvalue weighted by Gasteiger charge is 2.15. The minimum atomic E-state index is -1.13. The van der Waals surface area contributed by atoms with Crippen molar-refractivity contribution < 1.29 is 38.9 Å². The summed E-state index contributed by atoms with van der Waals surface area (Å²) < 4.78 is 9.03. The first-order chi connectivity index (χ1) is 14.3. The van der Waals surface area contributed by atoms with Crippen LogP contribution in [0.4, 0.5) is 0 Å². The number of aromatic carboxylic acids is 2. The highest BCUT2D eigenvalue weighted by Crippen LogP contribution is 2.23. The van der Waals surface area contributed by atoms with E-state index in [0.717, 1.165) is 0 Å². The van der Waals surface area contributed by atoms with E-state index in [2.05, 4.69) is 9.47 Å². The maximum Gasteiger partial charge on any atom is 0.337 e. The number of rotatable bonds is 4. The van der Waals surface area contributed by atoms with Crippen molar-refractivity contribution in [3.05, 3.63) is 82.9 Å². The van der Waals surface area contributed by atoms with Crippen LogP contribution in [0.2, 0.25) is 0 Å². The molecular formula is C22H18O8. The lowest BCUT2D eigenvalue weighted by Gasteiger charge is -2.05. The molecule has 0 atom stereocenters. The third-order valence-electron chi connectivity index (χ3n) is 4.07. The largest absolute Gasteiger partial charge is 0.478 e. The van der Waals surface area contributed by atoms with Gasteiger partial charge in [-0.2, -0.15) is 0 Å². The Hall–Kier alpha value is -4.20. The zero-order chi connectivity index (χ0) is 22.3. The standard InChI is InChI=1S/C12H8O4.C10H10O4/c13-11(14)8-5-1-3-7-4-2-6-9(10(7)8)12(15)16;1-13-9(11)7-4-3-5-8(6-7)10(12)14-2/h1-6H,(H,13,14)(H,15,16);3-6H,1-2H3. The van der Waals surface area contributed by atoms with Crippen molar-refractivity contribution in [1.29, 1.82) is 0 Å². The van der Waals surface area contributed by atoms with Crippen LogP contribution in [-0.4, -0.2) is 48.3 Å². The molecule has 3 aromatic carbocycles. The van der Waals surface area contributed by atoms with Crippen LogP contribution in [0.25, 0.3) is 10.8 Å². The van der Waals surface area contributed by atoms with Crippen molar-refractivity contribution in [3.63, 3.8) is 0 Å². The van der Waals surface area contributed by atoms with E-state index >= 15 is 0 Å². The zero-order valence-corrected chi connectivity index (χ0v) is 16.1. The van der Waals surface area contributed by atoms with Crippen LogP contribution in [0.3, 0.4) is 0 Å². The quantitative estimate of drug-likeness (QED) is 0.626. The Morgan fingerprint density at radius 2 is 1.07 bits per heavy atom. The van der Waals surface area contributed by atoms with Crippen molar-refractivity contribution in [2.24, 2.45) is 0 Å². The third-order valence-corrected chi connectivity index (χ3v) is 4.07. The lowest BCUT2D eigenvalue weighted by molar-refractivity contribution is 0.0595. The normalized spacial score (nSPS) is 9.80. The first-order valence-electron chi connectivity index (χ1n) is 8.55. The predicted octanol–water partition coefficient (Wildman–Crippen LogP) is 3.50. The monoisotopic (exact) mass is 410 g/mol. The van der Waals surface area contributed by atoms with Gasteiger partial charge in [0, 0.05) is 5.39 Å². The molecule has 0 aliphatic carbocycles. The molecule has 0 fully saturated rings. The van der Waals surface area contributed by atoms with Crippen LogP contribution in [0.15, 0.2) is 60.7 Å². The van der Waals surface area contributed by atoms with Gasteiger partial charge < -0.3 is 19.7 Å². The topological polar surface area (TPSA) is 127 Å². The van der Waals surface area contributed by atoms with Gasteiger partial charge >= 0.3 is 23.9 Å². The van der Waals surface area contributed by atoms with E-state index in [4.69, 9.17) is 10.2 Å². The van der Waals surface area contributed by atoms with Crippen molar-refractivity contribution >= 4 is 34.6 Å². The number of hydrogen-bond acceptors (Lipinski definition) is 6. The van der Waals surface area contributed by atoms with Gasteiger partial charge in [-0.1, -0.05) is 30.3 Å². The number of hydrogen-bond donors (Lipinski definition) is 2. The Morgan fingerprint density at radius 1 is 0.667 bits per heavy atom. The molecule has 30 heavy (non-hydrogen) atoms. The number of fused-ring (bicyclic) bond motifs is 1. The molecule has 0 saturated carbocycles. The van der Waals surface area contributed by atoms with E-state index in [9.17, 15) is 19.2 Å². The first-order valence-corrected chi connectivity index (χ1v) is 8.55. The second-order valence-electron chi connectivity index (χ2n) is 5.88. The summed E-state index contributed by atoms with van der Waals surface area (Å²) >= 11 is 0. The molecule has 3 rings (SSSR count). The van der Waals surface area contributed by atoms with Crippen LogP contribution in [0.5, 0.6) is 0 Å². The number of esters is 2. The van der Waals surface area contributed by atoms with Gasteiger partial charge in [0.15, 0.2) is 0 Å². The fourth-order valence-corrected chi connectivity index (χ4v) is 2.71. The van der Waals surface area contributed by atoms with Gasteiger partial charge in [0.2, 0.25) is 0 Å². The van der Waals surface area contributed by atoms with E-state index in [-0.39, 0.29) is 16.5 Å². The fourth-order valence-electron chi connectivity index (χ4n) is 2.71. The molecule has 0 aliphatic heterocycles. The molecule has 0 radical (unpaired) electrons. The number of carboxylic acid groups (broad SMARTS) is 2. The Bertz CT molecular complexity index is 1040. The summed E-state index contributed by atoms with van der Waals surface area (Å²) in [5, 5.41) is 18.9. The summed E-state index contributed by atoms with van der Waals surface area (Å²) in [6.45, 7) is 0. The number of ether oxygens (including phenoxy) is 2. The van der Waals surface area contributed by atoms with Crippen LogP contribution >= 0.6 is 0 Å². The van der Waals surface area contributed by atoms with Gasteiger partial charge in [-0.3, -0.25) is 0 Å².